The second-order valence-corrected chi connectivity index (χ2v) is 6.18. The summed E-state index contributed by atoms with van der Waals surface area (Å²) in [5.41, 5.74) is 0.811. The molecule has 2 rings (SSSR count). The SMILES string of the molecule is CC(C)Cn1c(-c2ccccc2)nnc1S(N)(=O)=O. The second-order valence-electron chi connectivity index (χ2n) is 4.72. The number of hydrogen-bond donors (Lipinski definition) is 1. The van der Waals surface area contributed by atoms with Crippen LogP contribution in [0.4, 0.5) is 0 Å². The van der Waals surface area contributed by atoms with Crippen molar-refractivity contribution in [3.8, 4) is 11.4 Å². The first-order valence-corrected chi connectivity index (χ1v) is 7.45. The summed E-state index contributed by atoms with van der Waals surface area (Å²) in [7, 11) is -3.88. The third kappa shape index (κ3) is 2.99. The molecule has 0 atom stereocenters. The fourth-order valence-electron chi connectivity index (χ4n) is 1.83. The summed E-state index contributed by atoms with van der Waals surface area (Å²) in [5.74, 6) is 0.761. The van der Waals surface area contributed by atoms with Crippen molar-refractivity contribution in [3.05, 3.63) is 30.3 Å². The molecule has 0 aliphatic heterocycles. The largest absolute Gasteiger partial charge is 0.296 e. The smallest absolute Gasteiger partial charge is 0.273 e. The Morgan fingerprint density at radius 1 is 1.21 bits per heavy atom. The molecule has 0 aliphatic rings. The standard InChI is InChI=1S/C12H16N4O2S/c1-9(2)8-16-11(10-6-4-3-5-7-10)14-15-12(16)19(13,17)18/h3-7,9H,8H2,1-2H3,(H2,13,17,18). The van der Waals surface area contributed by atoms with Crippen LogP contribution in [0, 0.1) is 5.92 Å². The molecule has 2 aromatic rings. The summed E-state index contributed by atoms with van der Waals surface area (Å²) in [5, 5.41) is 12.7. The number of aromatic nitrogens is 3. The van der Waals surface area contributed by atoms with Gasteiger partial charge in [-0.05, 0) is 5.92 Å². The van der Waals surface area contributed by atoms with E-state index >= 15 is 0 Å². The molecule has 0 saturated heterocycles. The molecule has 0 unspecified atom stereocenters. The molecule has 1 aromatic heterocycles. The van der Waals surface area contributed by atoms with Crippen molar-refractivity contribution in [1.82, 2.24) is 14.8 Å². The molecule has 0 amide bonds. The van der Waals surface area contributed by atoms with Gasteiger partial charge >= 0.3 is 0 Å². The Kier molecular flexibility index (Phi) is 3.68. The zero-order valence-electron chi connectivity index (χ0n) is 10.8. The van der Waals surface area contributed by atoms with E-state index in [1.807, 2.05) is 44.2 Å². The molecular formula is C12H16N4O2S. The number of hydrogen-bond acceptors (Lipinski definition) is 4. The summed E-state index contributed by atoms with van der Waals surface area (Å²) < 4.78 is 24.6. The van der Waals surface area contributed by atoms with Gasteiger partial charge in [0.2, 0.25) is 0 Å². The van der Waals surface area contributed by atoms with Gasteiger partial charge in [0.05, 0.1) is 0 Å². The maximum atomic E-state index is 11.5. The van der Waals surface area contributed by atoms with E-state index in [-0.39, 0.29) is 11.1 Å². The topological polar surface area (TPSA) is 90.9 Å². The fraction of sp³-hybridized carbons (Fsp3) is 0.333. The van der Waals surface area contributed by atoms with Gasteiger partial charge in [0.15, 0.2) is 5.82 Å². The monoisotopic (exact) mass is 280 g/mol. The molecule has 0 fully saturated rings. The Morgan fingerprint density at radius 2 is 1.84 bits per heavy atom. The lowest BCUT2D eigenvalue weighted by atomic mass is 10.2. The predicted molar refractivity (Wildman–Crippen MR) is 71.7 cm³/mol. The first kappa shape index (κ1) is 13.7. The van der Waals surface area contributed by atoms with Crippen molar-refractivity contribution < 1.29 is 8.42 Å². The molecule has 7 heteroatoms. The number of benzene rings is 1. The molecule has 2 N–H and O–H groups in total. The van der Waals surface area contributed by atoms with Gasteiger partial charge in [-0.1, -0.05) is 44.2 Å². The van der Waals surface area contributed by atoms with Crippen molar-refractivity contribution >= 4 is 10.0 Å². The first-order valence-electron chi connectivity index (χ1n) is 5.91. The Labute approximate surface area is 112 Å². The van der Waals surface area contributed by atoms with Crippen molar-refractivity contribution in [3.63, 3.8) is 0 Å². The van der Waals surface area contributed by atoms with Crippen LogP contribution in [0.2, 0.25) is 0 Å². The third-order valence-corrected chi connectivity index (χ3v) is 3.36. The van der Waals surface area contributed by atoms with Gasteiger partial charge in [-0.2, -0.15) is 0 Å². The molecule has 19 heavy (non-hydrogen) atoms. The molecular weight excluding hydrogens is 264 g/mol. The van der Waals surface area contributed by atoms with E-state index in [0.29, 0.717) is 12.4 Å². The van der Waals surface area contributed by atoms with Crippen LogP contribution in [-0.2, 0) is 16.6 Å². The zero-order valence-corrected chi connectivity index (χ0v) is 11.6. The summed E-state index contributed by atoms with van der Waals surface area (Å²) in [6.07, 6.45) is 0. The zero-order chi connectivity index (χ0) is 14.0. The molecule has 1 heterocycles. The van der Waals surface area contributed by atoms with Crippen LogP contribution >= 0.6 is 0 Å². The van der Waals surface area contributed by atoms with Crippen molar-refractivity contribution in [2.24, 2.45) is 11.1 Å². The van der Waals surface area contributed by atoms with E-state index in [4.69, 9.17) is 5.14 Å². The first-order chi connectivity index (χ1) is 8.89. The van der Waals surface area contributed by atoms with Crippen molar-refractivity contribution in [1.29, 1.82) is 0 Å². The molecule has 102 valence electrons. The van der Waals surface area contributed by atoms with Gasteiger partial charge in [0.25, 0.3) is 15.2 Å². The summed E-state index contributed by atoms with van der Waals surface area (Å²) in [6, 6.07) is 9.31. The van der Waals surface area contributed by atoms with E-state index in [1.54, 1.807) is 4.57 Å². The van der Waals surface area contributed by atoms with Crippen molar-refractivity contribution in [2.75, 3.05) is 0 Å². The maximum Gasteiger partial charge on any atom is 0.273 e. The Balaban J connectivity index is 2.60. The molecule has 0 aliphatic carbocycles. The number of sulfonamides is 1. The average Bonchev–Trinajstić information content (AvgIpc) is 2.72. The minimum absolute atomic E-state index is 0.194. The lowest BCUT2D eigenvalue weighted by molar-refractivity contribution is 0.486. The number of nitrogens with two attached hydrogens (primary N) is 1. The Morgan fingerprint density at radius 3 is 2.37 bits per heavy atom. The highest BCUT2D eigenvalue weighted by molar-refractivity contribution is 7.89. The molecule has 0 radical (unpaired) electrons. The lowest BCUT2D eigenvalue weighted by Crippen LogP contribution is -2.20. The van der Waals surface area contributed by atoms with E-state index in [2.05, 4.69) is 10.2 Å². The fourth-order valence-corrected chi connectivity index (χ4v) is 2.45. The molecule has 0 bridgehead atoms. The van der Waals surface area contributed by atoms with Crippen LogP contribution in [0.5, 0.6) is 0 Å². The van der Waals surface area contributed by atoms with Gasteiger partial charge in [-0.15, -0.1) is 10.2 Å². The van der Waals surface area contributed by atoms with Gasteiger partial charge in [-0.3, -0.25) is 4.57 Å². The number of nitrogens with zero attached hydrogens (tertiary/aromatic N) is 3. The quantitative estimate of drug-likeness (QED) is 0.912. The number of primary sulfonamides is 1. The van der Waals surface area contributed by atoms with Crippen LogP contribution < -0.4 is 5.14 Å². The van der Waals surface area contributed by atoms with Gasteiger partial charge in [-0.25, -0.2) is 13.6 Å². The Bertz CT molecular complexity index is 662. The third-order valence-electron chi connectivity index (χ3n) is 2.55. The summed E-state index contributed by atoms with van der Waals surface area (Å²) >= 11 is 0. The highest BCUT2D eigenvalue weighted by atomic mass is 32.2. The van der Waals surface area contributed by atoms with Gasteiger partial charge < -0.3 is 0 Å². The lowest BCUT2D eigenvalue weighted by Gasteiger charge is -2.11. The molecule has 0 saturated carbocycles. The Hall–Kier alpha value is -1.73. The van der Waals surface area contributed by atoms with E-state index < -0.39 is 10.0 Å². The van der Waals surface area contributed by atoms with Gasteiger partial charge in [0.1, 0.15) is 0 Å². The normalized spacial score (nSPS) is 12.0. The van der Waals surface area contributed by atoms with Crippen LogP contribution in [0.1, 0.15) is 13.8 Å². The van der Waals surface area contributed by atoms with Crippen molar-refractivity contribution in [2.45, 2.75) is 25.5 Å². The van der Waals surface area contributed by atoms with Crippen LogP contribution in [-0.4, -0.2) is 23.2 Å². The van der Waals surface area contributed by atoms with Crippen LogP contribution in [0.15, 0.2) is 35.5 Å². The van der Waals surface area contributed by atoms with E-state index in [9.17, 15) is 8.42 Å². The highest BCUT2D eigenvalue weighted by Gasteiger charge is 2.22. The molecule has 1 aromatic carbocycles. The minimum atomic E-state index is -3.88. The van der Waals surface area contributed by atoms with Crippen LogP contribution in [0.25, 0.3) is 11.4 Å². The minimum Gasteiger partial charge on any atom is -0.296 e. The maximum absolute atomic E-state index is 11.5. The van der Waals surface area contributed by atoms with E-state index in [1.165, 1.54) is 0 Å². The second kappa shape index (κ2) is 5.10. The highest BCUT2D eigenvalue weighted by Crippen LogP contribution is 2.20. The average molecular weight is 280 g/mol. The van der Waals surface area contributed by atoms with Crippen LogP contribution in [0.3, 0.4) is 0 Å². The molecule has 6 nitrogen and oxygen atoms in total. The van der Waals surface area contributed by atoms with E-state index in [0.717, 1.165) is 5.56 Å². The summed E-state index contributed by atoms with van der Waals surface area (Å²) in [6.45, 7) is 4.46. The number of rotatable bonds is 4. The molecule has 0 spiro atoms. The predicted octanol–water partition coefficient (Wildman–Crippen LogP) is 1.25. The van der Waals surface area contributed by atoms with Gasteiger partial charge in [0, 0.05) is 12.1 Å². The summed E-state index contributed by atoms with van der Waals surface area (Å²) in [4.78, 5) is 0.